The largest absolute Gasteiger partial charge is 0.410 e. The van der Waals surface area contributed by atoms with Crippen LogP contribution in [0.2, 0.25) is 19.6 Å². The summed E-state index contributed by atoms with van der Waals surface area (Å²) in [6, 6.07) is 18.5. The molecule has 0 radical (unpaired) electrons. The predicted molar refractivity (Wildman–Crippen MR) is 112 cm³/mol. The van der Waals surface area contributed by atoms with Crippen LogP contribution in [0.1, 0.15) is 22.6 Å². The number of hydrogen-bond acceptors (Lipinski definition) is 3. The molecule has 0 aliphatic rings. The van der Waals surface area contributed by atoms with Gasteiger partial charge in [-0.1, -0.05) is 56.0 Å². The fraction of sp³-hybridized carbons (Fsp3) is 0.238. The maximum atomic E-state index is 4.81. The van der Waals surface area contributed by atoms with Gasteiger partial charge in [-0.15, -0.1) is 0 Å². The van der Waals surface area contributed by atoms with Gasteiger partial charge in [-0.25, -0.2) is 9.67 Å². The molecule has 0 atom stereocenters. The Morgan fingerprint density at radius 1 is 1.00 bits per heavy atom. The van der Waals surface area contributed by atoms with Gasteiger partial charge < -0.3 is 4.98 Å². The lowest BCUT2D eigenvalue weighted by Crippen LogP contribution is -2.39. The molecule has 0 unspecified atom stereocenters. The molecule has 134 valence electrons. The minimum atomic E-state index is -1.50. The van der Waals surface area contributed by atoms with Crippen molar-refractivity contribution in [2.75, 3.05) is 0 Å². The SMILES string of the molecule is Cc1cc(C)n(-c2cccc(/C=C(/N[Si](C)(C)C)c3ccccc3)n2)n1. The quantitative estimate of drug-likeness (QED) is 0.663. The highest BCUT2D eigenvalue weighted by Gasteiger charge is 2.16. The summed E-state index contributed by atoms with van der Waals surface area (Å²) in [5.74, 6) is 0.838. The number of aryl methyl sites for hydroxylation is 2. The lowest BCUT2D eigenvalue weighted by Gasteiger charge is -2.22. The van der Waals surface area contributed by atoms with Crippen LogP contribution in [0.4, 0.5) is 0 Å². The molecule has 0 saturated carbocycles. The summed E-state index contributed by atoms with van der Waals surface area (Å²) in [6.07, 6.45) is 2.13. The van der Waals surface area contributed by atoms with E-state index in [0.717, 1.165) is 28.6 Å². The van der Waals surface area contributed by atoms with Gasteiger partial charge in [0.15, 0.2) is 5.82 Å². The van der Waals surface area contributed by atoms with Gasteiger partial charge in [0.2, 0.25) is 0 Å². The molecule has 1 aromatic carbocycles. The summed E-state index contributed by atoms with van der Waals surface area (Å²) in [6.45, 7) is 10.9. The second-order valence-electron chi connectivity index (χ2n) is 7.56. The Morgan fingerprint density at radius 3 is 2.35 bits per heavy atom. The van der Waals surface area contributed by atoms with Crippen LogP contribution in [-0.2, 0) is 0 Å². The van der Waals surface area contributed by atoms with Gasteiger partial charge in [-0.3, -0.25) is 0 Å². The predicted octanol–water partition coefficient (Wildman–Crippen LogP) is 4.81. The number of rotatable bonds is 5. The Hall–Kier alpha value is -2.66. The molecule has 4 nitrogen and oxygen atoms in total. The number of aromatic nitrogens is 3. The van der Waals surface area contributed by atoms with Gasteiger partial charge in [-0.05, 0) is 43.7 Å². The highest BCUT2D eigenvalue weighted by molar-refractivity contribution is 6.74. The third kappa shape index (κ3) is 4.49. The molecule has 0 aliphatic carbocycles. The van der Waals surface area contributed by atoms with Crippen LogP contribution in [0.25, 0.3) is 17.6 Å². The molecule has 0 saturated heterocycles. The van der Waals surface area contributed by atoms with E-state index in [0.29, 0.717) is 0 Å². The molecule has 1 N–H and O–H groups in total. The summed E-state index contributed by atoms with van der Waals surface area (Å²) < 4.78 is 1.89. The van der Waals surface area contributed by atoms with E-state index in [4.69, 9.17) is 4.98 Å². The first-order valence-corrected chi connectivity index (χ1v) is 12.4. The van der Waals surface area contributed by atoms with Crippen LogP contribution in [-0.4, -0.2) is 23.0 Å². The second kappa shape index (κ2) is 7.29. The van der Waals surface area contributed by atoms with Crippen molar-refractivity contribution in [1.29, 1.82) is 0 Å². The summed E-state index contributed by atoms with van der Waals surface area (Å²) >= 11 is 0. The van der Waals surface area contributed by atoms with Crippen LogP contribution >= 0.6 is 0 Å². The first-order valence-electron chi connectivity index (χ1n) is 8.88. The molecule has 0 amide bonds. The zero-order valence-corrected chi connectivity index (χ0v) is 17.1. The molecular weight excluding hydrogens is 336 g/mol. The zero-order chi connectivity index (χ0) is 18.7. The monoisotopic (exact) mass is 362 g/mol. The fourth-order valence-corrected chi connectivity index (χ4v) is 3.88. The zero-order valence-electron chi connectivity index (χ0n) is 16.1. The minimum Gasteiger partial charge on any atom is -0.410 e. The third-order valence-electron chi connectivity index (χ3n) is 3.87. The smallest absolute Gasteiger partial charge is 0.154 e. The van der Waals surface area contributed by atoms with Crippen LogP contribution in [0.3, 0.4) is 0 Å². The van der Waals surface area contributed by atoms with Crippen molar-refractivity contribution in [1.82, 2.24) is 19.7 Å². The van der Waals surface area contributed by atoms with E-state index in [9.17, 15) is 0 Å². The highest BCUT2D eigenvalue weighted by atomic mass is 28.3. The lowest BCUT2D eigenvalue weighted by atomic mass is 10.1. The third-order valence-corrected chi connectivity index (χ3v) is 4.89. The number of pyridine rings is 1. The summed E-state index contributed by atoms with van der Waals surface area (Å²) in [5.41, 5.74) is 5.28. The Balaban J connectivity index is 2.02. The van der Waals surface area contributed by atoms with E-state index in [1.54, 1.807) is 0 Å². The van der Waals surface area contributed by atoms with E-state index < -0.39 is 8.24 Å². The Morgan fingerprint density at radius 2 is 1.73 bits per heavy atom. The molecule has 5 heteroatoms. The van der Waals surface area contributed by atoms with Crippen molar-refractivity contribution in [2.24, 2.45) is 0 Å². The number of nitrogens with one attached hydrogen (secondary N) is 1. The molecule has 0 aliphatic heterocycles. The van der Waals surface area contributed by atoms with Gasteiger partial charge in [-0.2, -0.15) is 5.10 Å². The maximum absolute atomic E-state index is 4.81. The van der Waals surface area contributed by atoms with E-state index in [2.05, 4.69) is 66.1 Å². The van der Waals surface area contributed by atoms with Crippen LogP contribution in [0, 0.1) is 13.8 Å². The second-order valence-corrected chi connectivity index (χ2v) is 12.3. The van der Waals surface area contributed by atoms with Crippen molar-refractivity contribution in [2.45, 2.75) is 33.5 Å². The van der Waals surface area contributed by atoms with E-state index in [-0.39, 0.29) is 0 Å². The Labute approximate surface area is 156 Å². The summed E-state index contributed by atoms with van der Waals surface area (Å²) in [5, 5.41) is 4.54. The highest BCUT2D eigenvalue weighted by Crippen LogP contribution is 2.18. The molecular formula is C21H26N4Si. The number of nitrogens with zero attached hydrogens (tertiary/aromatic N) is 3. The molecule has 3 rings (SSSR count). The molecule has 2 aromatic heterocycles. The Bertz CT molecular complexity index is 921. The van der Waals surface area contributed by atoms with Crippen molar-refractivity contribution >= 4 is 20.0 Å². The van der Waals surface area contributed by atoms with Gasteiger partial charge in [0, 0.05) is 11.4 Å². The first-order chi connectivity index (χ1) is 12.3. The number of hydrogen-bond donors (Lipinski definition) is 1. The molecule has 0 spiro atoms. The molecule has 0 bridgehead atoms. The normalized spacial score (nSPS) is 12.3. The van der Waals surface area contributed by atoms with Crippen LogP contribution in [0.5, 0.6) is 0 Å². The van der Waals surface area contributed by atoms with Gasteiger partial charge in [0.05, 0.1) is 11.4 Å². The average molecular weight is 363 g/mol. The van der Waals surface area contributed by atoms with Gasteiger partial charge in [0.25, 0.3) is 0 Å². The van der Waals surface area contributed by atoms with Gasteiger partial charge in [0.1, 0.15) is 8.24 Å². The minimum absolute atomic E-state index is 0.838. The molecule has 2 heterocycles. The first kappa shape index (κ1) is 18.1. The molecule has 3 aromatic rings. The molecule has 26 heavy (non-hydrogen) atoms. The molecule has 0 fully saturated rings. The van der Waals surface area contributed by atoms with Crippen molar-refractivity contribution < 1.29 is 0 Å². The van der Waals surface area contributed by atoms with Crippen molar-refractivity contribution in [3.8, 4) is 5.82 Å². The average Bonchev–Trinajstić information content (AvgIpc) is 2.92. The summed E-state index contributed by atoms with van der Waals surface area (Å²) in [4.78, 5) is 8.55. The standard InChI is InChI=1S/C21H26N4Si/c1-16-14-17(2)25(23-16)21-13-9-12-19(22-21)15-20(24-26(3,4)5)18-10-7-6-8-11-18/h6-15,24H,1-5H3/b20-15+. The van der Waals surface area contributed by atoms with Crippen molar-refractivity contribution in [3.63, 3.8) is 0 Å². The van der Waals surface area contributed by atoms with Crippen LogP contribution in [0.15, 0.2) is 54.6 Å². The number of benzene rings is 1. The fourth-order valence-electron chi connectivity index (χ4n) is 2.86. The topological polar surface area (TPSA) is 42.7 Å². The van der Waals surface area contributed by atoms with Gasteiger partial charge >= 0.3 is 0 Å². The Kier molecular flexibility index (Phi) is 5.09. The maximum Gasteiger partial charge on any atom is 0.154 e. The summed E-state index contributed by atoms with van der Waals surface area (Å²) in [7, 11) is -1.50. The van der Waals surface area contributed by atoms with E-state index >= 15 is 0 Å². The van der Waals surface area contributed by atoms with E-state index in [1.807, 2.05) is 42.8 Å². The van der Waals surface area contributed by atoms with E-state index in [1.165, 1.54) is 5.56 Å². The van der Waals surface area contributed by atoms with Crippen LogP contribution < -0.4 is 4.98 Å². The van der Waals surface area contributed by atoms with Crippen molar-refractivity contribution in [3.05, 3.63) is 77.2 Å². The lowest BCUT2D eigenvalue weighted by molar-refractivity contribution is 0.805.